The van der Waals surface area contributed by atoms with E-state index >= 15 is 0 Å². The number of rotatable bonds is 3. The number of piperidine rings is 1. The zero-order chi connectivity index (χ0) is 15.6. The molecular weight excluding hydrogens is 289 g/mol. The predicted octanol–water partition coefficient (Wildman–Crippen LogP) is 0.153. The fourth-order valence-electron chi connectivity index (χ4n) is 2.60. The SMILES string of the molecule is CN1CC(C(=O)NC2CCN(CC(F)(F)F)CC2)NC1=O. The molecule has 0 radical (unpaired) electrons. The second-order valence-corrected chi connectivity index (χ2v) is 5.56. The second-order valence-electron chi connectivity index (χ2n) is 5.56. The van der Waals surface area contributed by atoms with Crippen LogP contribution in [0, 0.1) is 0 Å². The molecule has 2 fully saturated rings. The fourth-order valence-corrected chi connectivity index (χ4v) is 2.60. The Kier molecular flexibility index (Phi) is 4.60. The van der Waals surface area contributed by atoms with Gasteiger partial charge in [0.2, 0.25) is 5.91 Å². The molecule has 1 unspecified atom stereocenters. The Morgan fingerprint density at radius 3 is 2.48 bits per heavy atom. The maximum atomic E-state index is 12.3. The topological polar surface area (TPSA) is 64.7 Å². The lowest BCUT2D eigenvalue weighted by Crippen LogP contribution is -2.51. The van der Waals surface area contributed by atoms with Crippen LogP contribution < -0.4 is 10.6 Å². The third kappa shape index (κ3) is 4.48. The van der Waals surface area contributed by atoms with E-state index in [1.807, 2.05) is 0 Å². The van der Waals surface area contributed by atoms with Gasteiger partial charge in [-0.05, 0) is 12.8 Å². The lowest BCUT2D eigenvalue weighted by molar-refractivity contribution is -0.148. The Hall–Kier alpha value is -1.51. The smallest absolute Gasteiger partial charge is 0.351 e. The molecule has 0 saturated carbocycles. The minimum Gasteiger partial charge on any atom is -0.351 e. The van der Waals surface area contributed by atoms with E-state index in [0.717, 1.165) is 0 Å². The van der Waals surface area contributed by atoms with Crippen molar-refractivity contribution in [1.29, 1.82) is 0 Å². The summed E-state index contributed by atoms with van der Waals surface area (Å²) < 4.78 is 36.8. The number of nitrogens with one attached hydrogen (secondary N) is 2. The van der Waals surface area contributed by atoms with Gasteiger partial charge in [-0.3, -0.25) is 9.69 Å². The van der Waals surface area contributed by atoms with E-state index in [9.17, 15) is 22.8 Å². The first kappa shape index (κ1) is 15.9. The molecule has 0 spiro atoms. The number of likely N-dealkylation sites (tertiary alicyclic amines) is 1. The molecule has 1 atom stereocenters. The summed E-state index contributed by atoms with van der Waals surface area (Å²) in [5.41, 5.74) is 0. The molecule has 2 aliphatic rings. The number of urea groups is 1. The van der Waals surface area contributed by atoms with Crippen molar-refractivity contribution in [3.8, 4) is 0 Å². The number of carbonyl (C=O) groups is 2. The zero-order valence-corrected chi connectivity index (χ0v) is 11.7. The van der Waals surface area contributed by atoms with Gasteiger partial charge in [-0.2, -0.15) is 13.2 Å². The third-order valence-corrected chi connectivity index (χ3v) is 3.75. The first-order valence-corrected chi connectivity index (χ1v) is 6.86. The monoisotopic (exact) mass is 308 g/mol. The molecule has 9 heteroatoms. The summed E-state index contributed by atoms with van der Waals surface area (Å²) in [7, 11) is 1.60. The summed E-state index contributed by atoms with van der Waals surface area (Å²) in [6, 6.07) is -1.02. The Labute approximate surface area is 120 Å². The van der Waals surface area contributed by atoms with Crippen LogP contribution in [-0.4, -0.2) is 73.2 Å². The van der Waals surface area contributed by atoms with Crippen molar-refractivity contribution in [1.82, 2.24) is 20.4 Å². The minimum absolute atomic E-state index is 0.134. The summed E-state index contributed by atoms with van der Waals surface area (Å²) in [6.07, 6.45) is -3.22. The van der Waals surface area contributed by atoms with Crippen molar-refractivity contribution in [2.24, 2.45) is 0 Å². The van der Waals surface area contributed by atoms with Crippen LogP contribution in [0.15, 0.2) is 0 Å². The number of halogens is 3. The van der Waals surface area contributed by atoms with Gasteiger partial charge in [-0.25, -0.2) is 4.79 Å². The Bertz CT molecular complexity index is 408. The van der Waals surface area contributed by atoms with Crippen LogP contribution in [-0.2, 0) is 4.79 Å². The van der Waals surface area contributed by atoms with Crippen molar-refractivity contribution in [2.75, 3.05) is 33.2 Å². The Morgan fingerprint density at radius 1 is 1.38 bits per heavy atom. The molecule has 0 bridgehead atoms. The quantitative estimate of drug-likeness (QED) is 0.780. The maximum Gasteiger partial charge on any atom is 0.401 e. The van der Waals surface area contributed by atoms with Crippen LogP contribution in [0.2, 0.25) is 0 Å². The van der Waals surface area contributed by atoms with E-state index in [1.54, 1.807) is 7.05 Å². The van der Waals surface area contributed by atoms with E-state index in [4.69, 9.17) is 0 Å². The van der Waals surface area contributed by atoms with E-state index in [-0.39, 0.29) is 18.0 Å². The number of nitrogens with zero attached hydrogens (tertiary/aromatic N) is 2. The zero-order valence-electron chi connectivity index (χ0n) is 11.7. The van der Waals surface area contributed by atoms with E-state index in [2.05, 4.69) is 10.6 Å². The maximum absolute atomic E-state index is 12.3. The number of alkyl halides is 3. The number of amides is 3. The summed E-state index contributed by atoms with van der Waals surface area (Å²) in [6.45, 7) is 0.0114. The average molecular weight is 308 g/mol. The molecule has 2 aliphatic heterocycles. The highest BCUT2D eigenvalue weighted by Gasteiger charge is 2.35. The lowest BCUT2D eigenvalue weighted by Gasteiger charge is -2.33. The van der Waals surface area contributed by atoms with Gasteiger partial charge in [0.1, 0.15) is 6.04 Å². The molecule has 6 nitrogen and oxygen atoms in total. The number of likely N-dealkylation sites (N-methyl/N-ethyl adjacent to an activating group) is 1. The second kappa shape index (κ2) is 6.08. The largest absolute Gasteiger partial charge is 0.401 e. The molecule has 2 rings (SSSR count). The van der Waals surface area contributed by atoms with E-state index in [1.165, 1.54) is 9.80 Å². The predicted molar refractivity (Wildman–Crippen MR) is 68.6 cm³/mol. The third-order valence-electron chi connectivity index (χ3n) is 3.75. The summed E-state index contributed by atoms with van der Waals surface area (Å²) >= 11 is 0. The fraction of sp³-hybridized carbons (Fsp3) is 0.833. The molecule has 0 aromatic heterocycles. The van der Waals surface area contributed by atoms with Gasteiger partial charge in [-0.15, -0.1) is 0 Å². The molecule has 2 N–H and O–H groups in total. The molecule has 2 heterocycles. The van der Waals surface area contributed by atoms with Crippen molar-refractivity contribution in [2.45, 2.75) is 31.1 Å². The normalized spacial score (nSPS) is 25.0. The average Bonchev–Trinajstić information content (AvgIpc) is 2.70. The van der Waals surface area contributed by atoms with Crippen molar-refractivity contribution in [3.63, 3.8) is 0 Å². The molecule has 3 amide bonds. The van der Waals surface area contributed by atoms with Crippen molar-refractivity contribution in [3.05, 3.63) is 0 Å². The lowest BCUT2D eigenvalue weighted by atomic mass is 10.0. The highest BCUT2D eigenvalue weighted by atomic mass is 19.4. The molecule has 0 aromatic carbocycles. The van der Waals surface area contributed by atoms with Gasteiger partial charge < -0.3 is 15.5 Å². The number of hydrogen-bond acceptors (Lipinski definition) is 3. The highest BCUT2D eigenvalue weighted by Crippen LogP contribution is 2.19. The first-order chi connectivity index (χ1) is 9.74. The van der Waals surface area contributed by atoms with Crippen LogP contribution >= 0.6 is 0 Å². The first-order valence-electron chi connectivity index (χ1n) is 6.86. The van der Waals surface area contributed by atoms with Gasteiger partial charge in [-0.1, -0.05) is 0 Å². The molecule has 0 aliphatic carbocycles. The van der Waals surface area contributed by atoms with Gasteiger partial charge in [0.05, 0.1) is 13.1 Å². The summed E-state index contributed by atoms with van der Waals surface area (Å²) in [4.78, 5) is 26.0. The van der Waals surface area contributed by atoms with Gasteiger partial charge in [0, 0.05) is 26.2 Å². The minimum atomic E-state index is -4.19. The van der Waals surface area contributed by atoms with Crippen LogP contribution in [0.4, 0.5) is 18.0 Å². The Balaban J connectivity index is 1.74. The highest BCUT2D eigenvalue weighted by molar-refractivity contribution is 5.90. The Morgan fingerprint density at radius 2 is 2.00 bits per heavy atom. The summed E-state index contributed by atoms with van der Waals surface area (Å²) in [5.74, 6) is -0.276. The van der Waals surface area contributed by atoms with Crippen LogP contribution in [0.3, 0.4) is 0 Å². The van der Waals surface area contributed by atoms with Crippen molar-refractivity contribution >= 4 is 11.9 Å². The summed E-state index contributed by atoms with van der Waals surface area (Å²) in [5, 5.41) is 5.35. The van der Waals surface area contributed by atoms with Gasteiger partial charge in [0.15, 0.2) is 0 Å². The molecule has 2 saturated heterocycles. The van der Waals surface area contributed by atoms with Crippen LogP contribution in [0.25, 0.3) is 0 Å². The molecule has 120 valence electrons. The number of carbonyl (C=O) groups excluding carboxylic acids is 2. The van der Waals surface area contributed by atoms with Crippen molar-refractivity contribution < 1.29 is 22.8 Å². The van der Waals surface area contributed by atoms with E-state index in [0.29, 0.717) is 32.5 Å². The molecular formula is C12H19F3N4O2. The molecule has 21 heavy (non-hydrogen) atoms. The van der Waals surface area contributed by atoms with Crippen LogP contribution in [0.5, 0.6) is 0 Å². The van der Waals surface area contributed by atoms with Crippen LogP contribution in [0.1, 0.15) is 12.8 Å². The standard InChI is InChI=1S/C12H19F3N4O2/c1-18-6-9(17-11(18)21)10(20)16-8-2-4-19(5-3-8)7-12(13,14)15/h8-9H,2-7H2,1H3,(H,16,20)(H,17,21). The number of hydrogen-bond donors (Lipinski definition) is 2. The van der Waals surface area contributed by atoms with Gasteiger partial charge in [0.25, 0.3) is 0 Å². The van der Waals surface area contributed by atoms with E-state index < -0.39 is 18.8 Å². The molecule has 0 aromatic rings. The van der Waals surface area contributed by atoms with Gasteiger partial charge >= 0.3 is 12.2 Å².